The van der Waals surface area contributed by atoms with Crippen molar-refractivity contribution in [3.8, 4) is 20.9 Å². The lowest BCUT2D eigenvalue weighted by molar-refractivity contribution is 1.30. The lowest BCUT2D eigenvalue weighted by Gasteiger charge is -2.08. The van der Waals surface area contributed by atoms with Crippen molar-refractivity contribution in [1.29, 1.82) is 0 Å². The molecule has 7 heteroatoms. The summed E-state index contributed by atoms with van der Waals surface area (Å²) in [4.78, 5) is 21.3. The Morgan fingerprint density at radius 1 is 0.487 bits per heavy atom. The highest BCUT2D eigenvalue weighted by Crippen LogP contribution is 2.50. The molecule has 0 bridgehead atoms. The molecule has 0 saturated carbocycles. The van der Waals surface area contributed by atoms with Gasteiger partial charge in [-0.25, -0.2) is 0 Å². The molecule has 9 rings (SSSR count). The number of fused-ring (bicyclic) bond motifs is 7. The average molecular weight is 553 g/mol. The summed E-state index contributed by atoms with van der Waals surface area (Å²) in [5, 5.41) is 6.10. The summed E-state index contributed by atoms with van der Waals surface area (Å²) in [6.07, 6.45) is 7.12. The van der Waals surface area contributed by atoms with E-state index in [1.807, 2.05) is 34.0 Å². The third kappa shape index (κ3) is 3.15. The van der Waals surface area contributed by atoms with Gasteiger partial charge in [0.25, 0.3) is 0 Å². The number of nitrogens with zero attached hydrogens (tertiary/aromatic N) is 4. The Bertz CT molecular complexity index is 2140. The number of aromatic nitrogens is 4. The van der Waals surface area contributed by atoms with Gasteiger partial charge >= 0.3 is 0 Å². The molecule has 9 aromatic rings. The minimum absolute atomic E-state index is 0.926. The van der Waals surface area contributed by atoms with E-state index in [1.165, 1.54) is 61.2 Å². The van der Waals surface area contributed by atoms with E-state index < -0.39 is 0 Å². The van der Waals surface area contributed by atoms with Gasteiger partial charge in [0.1, 0.15) is 0 Å². The summed E-state index contributed by atoms with van der Waals surface area (Å²) >= 11 is 5.58. The zero-order valence-corrected chi connectivity index (χ0v) is 22.7. The third-order valence-corrected chi connectivity index (χ3v) is 11.0. The minimum Gasteiger partial charge on any atom is -0.253 e. The molecular formula is C32H16N4S3. The lowest BCUT2D eigenvalue weighted by Crippen LogP contribution is -1.88. The molecule has 0 amide bonds. The highest BCUT2D eigenvalue weighted by atomic mass is 32.2. The first-order chi connectivity index (χ1) is 19.3. The van der Waals surface area contributed by atoms with Crippen LogP contribution >= 0.6 is 34.0 Å². The monoisotopic (exact) mass is 552 g/mol. The standard InChI is InChI=1S/C32H16N4S3/c1-3-7-19-17(5-1)13-22-29(35-11-9-33-22)27(19)24-15-21-31-26(39-32(21)38-24)16-25(37-31)28-20-8-4-2-6-18(20)14-23-30(28)36-12-10-34-23/h1-16H. The van der Waals surface area contributed by atoms with Crippen molar-refractivity contribution in [2.75, 3.05) is 0 Å². The number of hydrogen-bond donors (Lipinski definition) is 0. The molecule has 0 spiro atoms. The molecule has 4 aromatic carbocycles. The highest BCUT2D eigenvalue weighted by molar-refractivity contribution is 7.45. The maximum atomic E-state index is 4.76. The summed E-state index contributed by atoms with van der Waals surface area (Å²) in [5.41, 5.74) is 6.10. The summed E-state index contributed by atoms with van der Waals surface area (Å²) < 4.78 is 3.98. The largest absolute Gasteiger partial charge is 0.253 e. The third-order valence-electron chi connectivity index (χ3n) is 7.31. The van der Waals surface area contributed by atoms with E-state index in [2.05, 4.69) is 82.8 Å². The van der Waals surface area contributed by atoms with Crippen molar-refractivity contribution in [3.05, 3.63) is 97.6 Å². The van der Waals surface area contributed by atoms with Crippen molar-refractivity contribution in [2.24, 2.45) is 0 Å². The van der Waals surface area contributed by atoms with E-state index >= 15 is 0 Å². The molecule has 0 atom stereocenters. The molecule has 0 aliphatic heterocycles. The summed E-state index contributed by atoms with van der Waals surface area (Å²) in [7, 11) is 0. The van der Waals surface area contributed by atoms with Gasteiger partial charge in [-0.2, -0.15) is 0 Å². The maximum Gasteiger partial charge on any atom is 0.0979 e. The van der Waals surface area contributed by atoms with Gasteiger partial charge in [0, 0.05) is 55.8 Å². The van der Waals surface area contributed by atoms with Gasteiger partial charge in [0.05, 0.1) is 30.8 Å². The Hall–Kier alpha value is -4.30. The molecule has 5 aromatic heterocycles. The predicted molar refractivity (Wildman–Crippen MR) is 167 cm³/mol. The quantitative estimate of drug-likeness (QED) is 0.200. The van der Waals surface area contributed by atoms with Crippen LogP contribution in [0.3, 0.4) is 0 Å². The topological polar surface area (TPSA) is 51.6 Å². The minimum atomic E-state index is 0.926. The second-order valence-electron chi connectivity index (χ2n) is 9.51. The normalized spacial score (nSPS) is 12.1. The van der Waals surface area contributed by atoms with Crippen LogP contribution in [0.4, 0.5) is 0 Å². The van der Waals surface area contributed by atoms with Crippen LogP contribution in [0.2, 0.25) is 0 Å². The Labute approximate surface area is 233 Å². The van der Waals surface area contributed by atoms with Gasteiger partial charge < -0.3 is 0 Å². The molecular weight excluding hydrogens is 537 g/mol. The maximum absolute atomic E-state index is 4.76. The summed E-state index contributed by atoms with van der Waals surface area (Å²) in [5.74, 6) is 0. The Morgan fingerprint density at radius 2 is 1.05 bits per heavy atom. The second kappa shape index (κ2) is 8.10. The molecule has 0 aliphatic carbocycles. The first-order valence-electron chi connectivity index (χ1n) is 12.5. The Balaban J connectivity index is 1.30. The smallest absolute Gasteiger partial charge is 0.0979 e. The fourth-order valence-corrected chi connectivity index (χ4v) is 9.74. The van der Waals surface area contributed by atoms with Gasteiger partial charge in [0.15, 0.2) is 0 Å². The fraction of sp³-hybridized carbons (Fsp3) is 0. The van der Waals surface area contributed by atoms with Gasteiger partial charge in [0.2, 0.25) is 0 Å². The van der Waals surface area contributed by atoms with Crippen molar-refractivity contribution in [3.63, 3.8) is 0 Å². The van der Waals surface area contributed by atoms with Crippen molar-refractivity contribution >= 4 is 96.4 Å². The molecule has 0 N–H and O–H groups in total. The molecule has 5 heterocycles. The molecule has 0 unspecified atom stereocenters. The second-order valence-corrected chi connectivity index (χ2v) is 12.9. The summed E-state index contributed by atoms with van der Waals surface area (Å²) in [6.45, 7) is 0. The van der Waals surface area contributed by atoms with E-state index in [4.69, 9.17) is 9.97 Å². The van der Waals surface area contributed by atoms with Crippen LogP contribution in [0.15, 0.2) is 97.6 Å². The van der Waals surface area contributed by atoms with Crippen LogP contribution in [-0.4, -0.2) is 19.9 Å². The van der Waals surface area contributed by atoms with Crippen LogP contribution in [-0.2, 0) is 0 Å². The van der Waals surface area contributed by atoms with Crippen LogP contribution < -0.4 is 0 Å². The van der Waals surface area contributed by atoms with Crippen molar-refractivity contribution < 1.29 is 0 Å². The molecule has 0 aliphatic rings. The van der Waals surface area contributed by atoms with E-state index in [1.54, 1.807) is 24.8 Å². The van der Waals surface area contributed by atoms with E-state index in [9.17, 15) is 0 Å². The molecule has 0 saturated heterocycles. The number of benzene rings is 4. The molecule has 39 heavy (non-hydrogen) atoms. The zero-order chi connectivity index (χ0) is 25.5. The Morgan fingerprint density at radius 3 is 1.69 bits per heavy atom. The first-order valence-corrected chi connectivity index (χ1v) is 15.0. The zero-order valence-electron chi connectivity index (χ0n) is 20.3. The van der Waals surface area contributed by atoms with Gasteiger partial charge in [-0.3, -0.25) is 19.9 Å². The highest BCUT2D eigenvalue weighted by Gasteiger charge is 2.20. The molecule has 0 radical (unpaired) electrons. The lowest BCUT2D eigenvalue weighted by atomic mass is 10.0. The number of hydrogen-bond acceptors (Lipinski definition) is 7. The molecule has 0 fully saturated rings. The predicted octanol–water partition coefficient (Wildman–Crippen LogP) is 9.70. The average Bonchev–Trinajstić information content (AvgIpc) is 3.65. The molecule has 4 nitrogen and oxygen atoms in total. The Kier molecular flexibility index (Phi) is 4.49. The van der Waals surface area contributed by atoms with Crippen LogP contribution in [0, 0.1) is 0 Å². The number of rotatable bonds is 2. The van der Waals surface area contributed by atoms with Gasteiger partial charge in [-0.1, -0.05) is 48.5 Å². The van der Waals surface area contributed by atoms with Crippen molar-refractivity contribution in [2.45, 2.75) is 0 Å². The number of thiophene rings is 3. The van der Waals surface area contributed by atoms with Crippen LogP contribution in [0.5, 0.6) is 0 Å². The van der Waals surface area contributed by atoms with E-state index in [-0.39, 0.29) is 0 Å². The first kappa shape index (κ1) is 21.6. The van der Waals surface area contributed by atoms with Gasteiger partial charge in [-0.05, 0) is 45.8 Å². The fourth-order valence-electron chi connectivity index (χ4n) is 5.64. The summed E-state index contributed by atoms with van der Waals surface area (Å²) in [6, 6.07) is 26.0. The van der Waals surface area contributed by atoms with E-state index in [0.717, 1.165) is 22.1 Å². The SMILES string of the molecule is c1ccc2c(-c3cc4c(s3)sc3cc(-c5c6ccccc6cc6nccnc56)sc34)c3nccnc3cc2c1. The van der Waals surface area contributed by atoms with Crippen molar-refractivity contribution in [1.82, 2.24) is 19.9 Å². The van der Waals surface area contributed by atoms with E-state index in [0.29, 0.717) is 0 Å². The van der Waals surface area contributed by atoms with Gasteiger partial charge in [-0.15, -0.1) is 34.0 Å². The van der Waals surface area contributed by atoms with Crippen LogP contribution in [0.25, 0.3) is 83.3 Å². The van der Waals surface area contributed by atoms with Crippen LogP contribution in [0.1, 0.15) is 0 Å². The molecule has 182 valence electrons.